The van der Waals surface area contributed by atoms with E-state index < -0.39 is 0 Å². The van der Waals surface area contributed by atoms with E-state index in [9.17, 15) is 0 Å². The summed E-state index contributed by atoms with van der Waals surface area (Å²) in [5, 5.41) is 4.47. The highest BCUT2D eigenvalue weighted by molar-refractivity contribution is 5.60. The van der Waals surface area contributed by atoms with Crippen LogP contribution < -0.4 is 5.73 Å². The molecule has 0 aliphatic carbocycles. The van der Waals surface area contributed by atoms with Crippen LogP contribution in [0.4, 0.5) is 0 Å². The lowest BCUT2D eigenvalue weighted by atomic mass is 10.1. The van der Waals surface area contributed by atoms with E-state index in [0.717, 1.165) is 23.5 Å². The van der Waals surface area contributed by atoms with Gasteiger partial charge < -0.3 is 5.73 Å². The van der Waals surface area contributed by atoms with Crippen molar-refractivity contribution < 1.29 is 0 Å². The van der Waals surface area contributed by atoms with Crippen LogP contribution in [0.2, 0.25) is 0 Å². The van der Waals surface area contributed by atoms with Gasteiger partial charge in [-0.25, -0.2) is 0 Å². The summed E-state index contributed by atoms with van der Waals surface area (Å²) in [5.74, 6) is 0. The fraction of sp³-hybridized carbons (Fsp3) is 0.333. The fourth-order valence-electron chi connectivity index (χ4n) is 1.92. The molecule has 0 aliphatic heterocycles. The molecule has 0 fully saturated rings. The predicted octanol–water partition coefficient (Wildman–Crippen LogP) is 1.29. The second-order valence-electron chi connectivity index (χ2n) is 3.80. The van der Waals surface area contributed by atoms with Gasteiger partial charge >= 0.3 is 0 Å². The lowest BCUT2D eigenvalue weighted by Crippen LogP contribution is -2.04. The summed E-state index contributed by atoms with van der Waals surface area (Å²) in [6.45, 7) is 2.70. The number of aromatic nitrogens is 3. The Balaban J connectivity index is 2.49. The summed E-state index contributed by atoms with van der Waals surface area (Å²) in [6, 6.07) is 5.89. The molecule has 0 unspecified atom stereocenters. The molecule has 0 amide bonds. The normalized spacial score (nSPS) is 10.7. The Morgan fingerprint density at radius 3 is 2.81 bits per heavy atom. The molecule has 2 rings (SSSR count). The number of aryl methyl sites for hydroxylation is 1. The van der Waals surface area contributed by atoms with Gasteiger partial charge in [-0.2, -0.15) is 5.10 Å². The van der Waals surface area contributed by atoms with E-state index in [1.54, 1.807) is 6.20 Å². The van der Waals surface area contributed by atoms with E-state index in [0.29, 0.717) is 6.54 Å². The number of pyridine rings is 1. The minimum absolute atomic E-state index is 0.625. The molecule has 0 radical (unpaired) electrons. The second kappa shape index (κ2) is 4.45. The number of hydrogen-bond donors (Lipinski definition) is 1. The van der Waals surface area contributed by atoms with E-state index in [2.05, 4.69) is 17.0 Å². The van der Waals surface area contributed by atoms with E-state index in [4.69, 9.17) is 5.73 Å². The van der Waals surface area contributed by atoms with Crippen molar-refractivity contribution in [2.75, 3.05) is 6.54 Å². The first kappa shape index (κ1) is 10.8. The standard InChI is InChI=1S/C12H16N4/c1-9-10(6-7-13)15-16(2)12(9)11-5-3-4-8-14-11/h3-5,8H,6-7,13H2,1-2H3. The van der Waals surface area contributed by atoms with Crippen LogP contribution in [0.15, 0.2) is 24.4 Å². The Hall–Kier alpha value is -1.68. The van der Waals surface area contributed by atoms with Gasteiger partial charge in [-0.1, -0.05) is 6.07 Å². The van der Waals surface area contributed by atoms with Gasteiger partial charge in [0.2, 0.25) is 0 Å². The topological polar surface area (TPSA) is 56.7 Å². The molecule has 2 aromatic rings. The van der Waals surface area contributed by atoms with Crippen molar-refractivity contribution in [1.29, 1.82) is 0 Å². The minimum Gasteiger partial charge on any atom is -0.330 e. The highest BCUT2D eigenvalue weighted by Crippen LogP contribution is 2.23. The highest BCUT2D eigenvalue weighted by atomic mass is 15.3. The highest BCUT2D eigenvalue weighted by Gasteiger charge is 2.13. The lowest BCUT2D eigenvalue weighted by molar-refractivity contribution is 0.743. The summed E-state index contributed by atoms with van der Waals surface area (Å²) in [5.41, 5.74) is 9.83. The SMILES string of the molecule is Cc1c(CCN)nn(C)c1-c1ccccn1. The first-order valence-electron chi connectivity index (χ1n) is 5.38. The van der Waals surface area contributed by atoms with Crippen LogP contribution in [0.25, 0.3) is 11.4 Å². The van der Waals surface area contributed by atoms with Gasteiger partial charge in [-0.15, -0.1) is 0 Å². The maximum absolute atomic E-state index is 5.56. The van der Waals surface area contributed by atoms with E-state index >= 15 is 0 Å². The zero-order valence-electron chi connectivity index (χ0n) is 9.64. The summed E-state index contributed by atoms with van der Waals surface area (Å²) >= 11 is 0. The zero-order valence-corrected chi connectivity index (χ0v) is 9.64. The Bertz CT molecular complexity index is 473. The largest absolute Gasteiger partial charge is 0.330 e. The van der Waals surface area contributed by atoms with Crippen molar-refractivity contribution in [3.05, 3.63) is 35.7 Å². The van der Waals surface area contributed by atoms with Crippen molar-refractivity contribution in [2.45, 2.75) is 13.3 Å². The molecule has 0 atom stereocenters. The van der Waals surface area contributed by atoms with Gasteiger partial charge in [-0.05, 0) is 31.2 Å². The summed E-state index contributed by atoms with van der Waals surface area (Å²) < 4.78 is 1.88. The summed E-state index contributed by atoms with van der Waals surface area (Å²) in [7, 11) is 1.94. The van der Waals surface area contributed by atoms with Crippen LogP contribution in [0, 0.1) is 6.92 Å². The Morgan fingerprint density at radius 1 is 1.38 bits per heavy atom. The zero-order chi connectivity index (χ0) is 11.5. The van der Waals surface area contributed by atoms with Gasteiger partial charge in [0.15, 0.2) is 0 Å². The molecule has 0 aromatic carbocycles. The molecule has 0 spiro atoms. The number of nitrogens with two attached hydrogens (primary N) is 1. The van der Waals surface area contributed by atoms with Crippen LogP contribution in [0.1, 0.15) is 11.3 Å². The Kier molecular flexibility index (Phi) is 3.01. The molecule has 16 heavy (non-hydrogen) atoms. The molecular formula is C12H16N4. The van der Waals surface area contributed by atoms with Crippen molar-refractivity contribution in [3.8, 4) is 11.4 Å². The molecule has 4 heteroatoms. The number of rotatable bonds is 3. The average molecular weight is 216 g/mol. The van der Waals surface area contributed by atoms with Crippen molar-refractivity contribution in [3.63, 3.8) is 0 Å². The molecule has 4 nitrogen and oxygen atoms in total. The van der Waals surface area contributed by atoms with Crippen molar-refractivity contribution in [1.82, 2.24) is 14.8 Å². The number of nitrogens with zero attached hydrogens (tertiary/aromatic N) is 3. The van der Waals surface area contributed by atoms with Crippen LogP contribution in [0.5, 0.6) is 0 Å². The van der Waals surface area contributed by atoms with Crippen LogP contribution in [0.3, 0.4) is 0 Å². The first-order chi connectivity index (χ1) is 7.74. The van der Waals surface area contributed by atoms with E-state index in [1.165, 1.54) is 5.56 Å². The molecule has 0 saturated carbocycles. The second-order valence-corrected chi connectivity index (χ2v) is 3.80. The van der Waals surface area contributed by atoms with Crippen molar-refractivity contribution in [2.24, 2.45) is 12.8 Å². The van der Waals surface area contributed by atoms with Gasteiger partial charge in [0, 0.05) is 19.7 Å². The maximum atomic E-state index is 5.56. The molecule has 2 heterocycles. The van der Waals surface area contributed by atoms with Crippen LogP contribution in [-0.2, 0) is 13.5 Å². The molecule has 0 aliphatic rings. The third-order valence-corrected chi connectivity index (χ3v) is 2.67. The fourth-order valence-corrected chi connectivity index (χ4v) is 1.92. The van der Waals surface area contributed by atoms with Crippen LogP contribution in [-0.4, -0.2) is 21.3 Å². The minimum atomic E-state index is 0.625. The molecular weight excluding hydrogens is 200 g/mol. The monoisotopic (exact) mass is 216 g/mol. The third kappa shape index (κ3) is 1.84. The Labute approximate surface area is 95.1 Å². The summed E-state index contributed by atoms with van der Waals surface area (Å²) in [6.07, 6.45) is 2.61. The summed E-state index contributed by atoms with van der Waals surface area (Å²) in [4.78, 5) is 4.35. The average Bonchev–Trinajstić information content (AvgIpc) is 2.56. The van der Waals surface area contributed by atoms with Gasteiger partial charge in [0.25, 0.3) is 0 Å². The maximum Gasteiger partial charge on any atom is 0.0895 e. The van der Waals surface area contributed by atoms with E-state index in [1.807, 2.05) is 29.9 Å². The molecule has 0 bridgehead atoms. The smallest absolute Gasteiger partial charge is 0.0895 e. The predicted molar refractivity (Wildman–Crippen MR) is 63.9 cm³/mol. The van der Waals surface area contributed by atoms with Gasteiger partial charge in [-0.3, -0.25) is 9.67 Å². The van der Waals surface area contributed by atoms with Crippen LogP contribution >= 0.6 is 0 Å². The molecule has 0 saturated heterocycles. The first-order valence-corrected chi connectivity index (χ1v) is 5.38. The Morgan fingerprint density at radius 2 is 2.19 bits per heavy atom. The molecule has 84 valence electrons. The number of hydrogen-bond acceptors (Lipinski definition) is 3. The van der Waals surface area contributed by atoms with Gasteiger partial charge in [0.1, 0.15) is 0 Å². The molecule has 2 aromatic heterocycles. The lowest BCUT2D eigenvalue weighted by Gasteiger charge is -2.01. The molecule has 2 N–H and O–H groups in total. The van der Waals surface area contributed by atoms with E-state index in [-0.39, 0.29) is 0 Å². The van der Waals surface area contributed by atoms with Crippen molar-refractivity contribution >= 4 is 0 Å². The quantitative estimate of drug-likeness (QED) is 0.841. The van der Waals surface area contributed by atoms with Gasteiger partial charge in [0.05, 0.1) is 17.1 Å². The third-order valence-electron chi connectivity index (χ3n) is 2.67.